The molecule has 194 valence electrons. The van der Waals surface area contributed by atoms with E-state index in [-0.39, 0.29) is 12.3 Å². The van der Waals surface area contributed by atoms with Gasteiger partial charge in [-0.3, -0.25) is 24.7 Å². The van der Waals surface area contributed by atoms with Crippen molar-refractivity contribution in [2.45, 2.75) is 45.3 Å². The summed E-state index contributed by atoms with van der Waals surface area (Å²) in [6.07, 6.45) is 1.20. The number of para-hydroxylation sites is 1. The van der Waals surface area contributed by atoms with Crippen molar-refractivity contribution in [3.63, 3.8) is 0 Å². The lowest BCUT2D eigenvalue weighted by atomic mass is 9.83. The van der Waals surface area contributed by atoms with Gasteiger partial charge >= 0.3 is 0 Å². The van der Waals surface area contributed by atoms with Gasteiger partial charge < -0.3 is 10.1 Å². The molecule has 1 aliphatic rings. The fourth-order valence-corrected chi connectivity index (χ4v) is 4.90. The van der Waals surface area contributed by atoms with Gasteiger partial charge in [-0.2, -0.15) is 0 Å². The molecule has 8 nitrogen and oxygen atoms in total. The molecule has 3 aromatic rings. The van der Waals surface area contributed by atoms with Gasteiger partial charge in [0.1, 0.15) is 12.4 Å². The third-order valence-corrected chi connectivity index (χ3v) is 6.75. The van der Waals surface area contributed by atoms with E-state index in [9.17, 15) is 9.59 Å². The molecule has 2 aromatic carbocycles. The molecule has 1 aromatic heterocycles. The highest BCUT2D eigenvalue weighted by atomic mass is 16.5. The maximum atomic E-state index is 13.1. The van der Waals surface area contributed by atoms with E-state index >= 15 is 0 Å². The fourth-order valence-electron chi connectivity index (χ4n) is 4.90. The Morgan fingerprint density at radius 1 is 1.14 bits per heavy atom. The maximum absolute atomic E-state index is 13.1. The van der Waals surface area contributed by atoms with E-state index in [1.165, 1.54) is 0 Å². The smallest absolute Gasteiger partial charge is 0.251 e. The number of aryl methyl sites for hydroxylation is 1. The first-order chi connectivity index (χ1) is 17.8. The van der Waals surface area contributed by atoms with Crippen molar-refractivity contribution in [3.8, 4) is 5.75 Å². The average molecular weight is 503 g/mol. The number of rotatable bonds is 9. The van der Waals surface area contributed by atoms with Crippen LogP contribution in [0.2, 0.25) is 0 Å². The summed E-state index contributed by atoms with van der Waals surface area (Å²) in [5, 5.41) is 13.2. The van der Waals surface area contributed by atoms with Crippen LogP contribution in [0.15, 0.2) is 66.7 Å². The number of likely N-dealkylation sites (tertiary alicyclic amines) is 1. The Hall–Kier alpha value is -3.75. The van der Waals surface area contributed by atoms with Gasteiger partial charge in [-0.15, -0.1) is 0 Å². The number of hydroxylamine groups is 1. The van der Waals surface area contributed by atoms with E-state index in [2.05, 4.69) is 21.8 Å². The lowest BCUT2D eigenvalue weighted by molar-refractivity contribution is -0.131. The Kier molecular flexibility index (Phi) is 8.21. The molecule has 0 atom stereocenters. The first kappa shape index (κ1) is 26.3. The summed E-state index contributed by atoms with van der Waals surface area (Å²) in [6.45, 7) is 10.5. The van der Waals surface area contributed by atoms with Crippen LogP contribution in [-0.2, 0) is 11.4 Å². The minimum Gasteiger partial charge on any atom is -0.489 e. The number of nitrogens with zero attached hydrogens (tertiary/aromatic N) is 2. The van der Waals surface area contributed by atoms with Crippen LogP contribution in [0.4, 0.5) is 0 Å². The SMILES string of the molecule is C=C(C)CN1CCC(CC(=O)NO)(NC(=O)c2ccc(OCc3cc(C)nc4ccccc34)cc2)CC1. The number of benzene rings is 2. The first-order valence-corrected chi connectivity index (χ1v) is 12.5. The molecule has 2 amide bonds. The van der Waals surface area contributed by atoms with E-state index in [4.69, 9.17) is 9.94 Å². The average Bonchev–Trinajstić information content (AvgIpc) is 2.88. The van der Waals surface area contributed by atoms with Gasteiger partial charge in [0, 0.05) is 41.8 Å². The van der Waals surface area contributed by atoms with Gasteiger partial charge in [0.25, 0.3) is 5.91 Å². The number of carbonyl (C=O) groups is 2. The summed E-state index contributed by atoms with van der Waals surface area (Å²) in [5.74, 6) is -0.129. The highest BCUT2D eigenvalue weighted by molar-refractivity contribution is 5.95. The maximum Gasteiger partial charge on any atom is 0.251 e. The Morgan fingerprint density at radius 2 is 1.84 bits per heavy atom. The second kappa shape index (κ2) is 11.5. The van der Waals surface area contributed by atoms with Crippen LogP contribution in [0.1, 0.15) is 47.8 Å². The van der Waals surface area contributed by atoms with Crippen molar-refractivity contribution in [3.05, 3.63) is 83.6 Å². The highest BCUT2D eigenvalue weighted by Crippen LogP contribution is 2.27. The van der Waals surface area contributed by atoms with Crippen molar-refractivity contribution in [2.24, 2.45) is 0 Å². The number of amides is 2. The molecule has 8 heteroatoms. The number of ether oxygens (including phenoxy) is 1. The molecular weight excluding hydrogens is 468 g/mol. The predicted molar refractivity (Wildman–Crippen MR) is 142 cm³/mol. The van der Waals surface area contributed by atoms with E-state index in [1.807, 2.05) is 44.2 Å². The monoisotopic (exact) mass is 502 g/mol. The second-order valence-corrected chi connectivity index (χ2v) is 9.93. The predicted octanol–water partition coefficient (Wildman–Crippen LogP) is 4.16. The van der Waals surface area contributed by atoms with Crippen LogP contribution in [0.5, 0.6) is 5.75 Å². The molecule has 0 saturated carbocycles. The molecule has 1 fully saturated rings. The standard InChI is InChI=1S/C29H34N4O4/c1-20(2)18-33-14-12-29(13-15-33,17-27(34)32-36)31-28(35)22-8-10-24(11-9-22)37-19-23-16-21(3)30-26-7-5-4-6-25(23)26/h4-11,16,36H,1,12-15,17-19H2,2-3H3,(H,31,35)(H,32,34). The molecule has 0 spiro atoms. The molecule has 1 saturated heterocycles. The van der Waals surface area contributed by atoms with Gasteiger partial charge in [0.15, 0.2) is 0 Å². The lowest BCUT2D eigenvalue weighted by Gasteiger charge is -2.42. The Bertz CT molecular complexity index is 1280. The number of carbonyl (C=O) groups excluding carboxylic acids is 2. The largest absolute Gasteiger partial charge is 0.489 e. The molecule has 0 bridgehead atoms. The van der Waals surface area contributed by atoms with Gasteiger partial charge in [0.2, 0.25) is 5.91 Å². The number of hydrogen-bond donors (Lipinski definition) is 3. The summed E-state index contributed by atoms with van der Waals surface area (Å²) in [6, 6.07) is 17.0. The normalized spacial score (nSPS) is 15.2. The zero-order chi connectivity index (χ0) is 26.4. The van der Waals surface area contributed by atoms with Gasteiger partial charge in [-0.05, 0) is 63.1 Å². The van der Waals surface area contributed by atoms with E-state index < -0.39 is 11.4 Å². The minimum atomic E-state index is -0.731. The molecule has 4 rings (SSSR count). The van der Waals surface area contributed by atoms with Crippen molar-refractivity contribution < 1.29 is 19.5 Å². The quantitative estimate of drug-likeness (QED) is 0.231. The van der Waals surface area contributed by atoms with Crippen LogP contribution in [0, 0.1) is 6.92 Å². The van der Waals surface area contributed by atoms with Crippen LogP contribution in [-0.4, -0.2) is 52.1 Å². The summed E-state index contributed by atoms with van der Waals surface area (Å²) in [5.41, 5.74) is 5.43. The number of piperidine rings is 1. The van der Waals surface area contributed by atoms with E-state index in [0.29, 0.717) is 30.8 Å². The topological polar surface area (TPSA) is 104 Å². The van der Waals surface area contributed by atoms with Gasteiger partial charge in [-0.25, -0.2) is 5.48 Å². The van der Waals surface area contributed by atoms with Crippen molar-refractivity contribution >= 4 is 22.7 Å². The van der Waals surface area contributed by atoms with Crippen molar-refractivity contribution in [2.75, 3.05) is 19.6 Å². The second-order valence-electron chi connectivity index (χ2n) is 9.93. The summed E-state index contributed by atoms with van der Waals surface area (Å²) >= 11 is 0. The van der Waals surface area contributed by atoms with Gasteiger partial charge in [0.05, 0.1) is 17.5 Å². The number of nitrogens with one attached hydrogen (secondary N) is 2. The summed E-state index contributed by atoms with van der Waals surface area (Å²) < 4.78 is 6.02. The molecule has 3 N–H and O–H groups in total. The molecule has 2 heterocycles. The van der Waals surface area contributed by atoms with E-state index in [0.717, 1.165) is 47.4 Å². The van der Waals surface area contributed by atoms with E-state index in [1.54, 1.807) is 29.7 Å². The molecule has 0 aliphatic carbocycles. The zero-order valence-electron chi connectivity index (χ0n) is 21.4. The van der Waals surface area contributed by atoms with Gasteiger partial charge in [-0.1, -0.05) is 30.4 Å². The third-order valence-electron chi connectivity index (χ3n) is 6.75. The summed E-state index contributed by atoms with van der Waals surface area (Å²) in [4.78, 5) is 32.0. The first-order valence-electron chi connectivity index (χ1n) is 12.5. The number of fused-ring (bicyclic) bond motifs is 1. The summed E-state index contributed by atoms with van der Waals surface area (Å²) in [7, 11) is 0. The third kappa shape index (κ3) is 6.72. The molecule has 1 aliphatic heterocycles. The molecule has 37 heavy (non-hydrogen) atoms. The molecule has 0 radical (unpaired) electrons. The highest BCUT2D eigenvalue weighted by Gasteiger charge is 2.38. The number of pyridine rings is 1. The Labute approximate surface area is 217 Å². The number of hydrogen-bond acceptors (Lipinski definition) is 6. The zero-order valence-corrected chi connectivity index (χ0v) is 21.4. The fraction of sp³-hybridized carbons (Fsp3) is 0.345. The molecule has 0 unspecified atom stereocenters. The Morgan fingerprint density at radius 3 is 2.51 bits per heavy atom. The minimum absolute atomic E-state index is 0.0106. The van der Waals surface area contributed by atoms with Crippen LogP contribution < -0.4 is 15.5 Å². The number of aromatic nitrogens is 1. The van der Waals surface area contributed by atoms with Crippen LogP contribution >= 0.6 is 0 Å². The van der Waals surface area contributed by atoms with Crippen molar-refractivity contribution in [1.29, 1.82) is 0 Å². The molecular formula is C29H34N4O4. The Balaban J connectivity index is 1.41. The van der Waals surface area contributed by atoms with Crippen molar-refractivity contribution in [1.82, 2.24) is 20.7 Å². The van der Waals surface area contributed by atoms with Crippen LogP contribution in [0.3, 0.4) is 0 Å². The lowest BCUT2D eigenvalue weighted by Crippen LogP contribution is -2.57. The van der Waals surface area contributed by atoms with Crippen LogP contribution in [0.25, 0.3) is 10.9 Å².